The first-order valence-electron chi connectivity index (χ1n) is 4.00. The van der Waals surface area contributed by atoms with Gasteiger partial charge in [-0.25, -0.2) is 9.37 Å². The highest BCUT2D eigenvalue weighted by Gasteiger charge is 2.25. The summed E-state index contributed by atoms with van der Waals surface area (Å²) in [4.78, 5) is 15.5. The van der Waals surface area contributed by atoms with Crippen LogP contribution in [0, 0.1) is 6.92 Å². The fourth-order valence-corrected chi connectivity index (χ4v) is 2.05. The molecule has 0 fully saturated rings. The van der Waals surface area contributed by atoms with Crippen LogP contribution in [-0.2, 0) is 5.67 Å². The summed E-state index contributed by atoms with van der Waals surface area (Å²) < 4.78 is 13.5. The molecule has 0 N–H and O–H groups in total. The highest BCUT2D eigenvalue weighted by atomic mass is 32.1. The van der Waals surface area contributed by atoms with Crippen LogP contribution >= 0.6 is 11.3 Å². The summed E-state index contributed by atoms with van der Waals surface area (Å²) in [5.74, 6) is -0.108. The summed E-state index contributed by atoms with van der Waals surface area (Å²) in [6, 6.07) is 0. The van der Waals surface area contributed by atoms with E-state index in [-0.39, 0.29) is 5.78 Å². The molecule has 0 amide bonds. The highest BCUT2D eigenvalue weighted by molar-refractivity contribution is 7.13. The van der Waals surface area contributed by atoms with E-state index in [9.17, 15) is 9.18 Å². The average molecular weight is 201 g/mol. The number of carbonyl (C=O) groups is 1. The van der Waals surface area contributed by atoms with Crippen LogP contribution in [0.5, 0.6) is 0 Å². The number of aromatic nitrogens is 1. The van der Waals surface area contributed by atoms with E-state index in [0.717, 1.165) is 11.3 Å². The Morgan fingerprint density at radius 3 is 2.31 bits per heavy atom. The summed E-state index contributed by atoms with van der Waals surface area (Å²) >= 11 is 1.14. The molecule has 2 nitrogen and oxygen atoms in total. The molecule has 1 aromatic heterocycles. The van der Waals surface area contributed by atoms with Crippen LogP contribution in [0.2, 0.25) is 0 Å². The van der Waals surface area contributed by atoms with Crippen molar-refractivity contribution in [1.29, 1.82) is 0 Å². The second-order valence-electron chi connectivity index (χ2n) is 3.46. The van der Waals surface area contributed by atoms with Crippen LogP contribution in [-0.4, -0.2) is 10.8 Å². The van der Waals surface area contributed by atoms with Gasteiger partial charge in [0, 0.05) is 6.92 Å². The maximum Gasteiger partial charge on any atom is 0.188 e. The Balaban J connectivity index is 3.18. The molecule has 0 aliphatic heterocycles. The Labute approximate surface area is 80.8 Å². The van der Waals surface area contributed by atoms with E-state index in [1.165, 1.54) is 20.8 Å². The SMILES string of the molecule is CC(=O)c1nc(C)c(C(C)(C)F)s1. The molecule has 0 bridgehead atoms. The van der Waals surface area contributed by atoms with E-state index in [1.807, 2.05) is 0 Å². The number of carbonyl (C=O) groups excluding carboxylic acids is 1. The number of rotatable bonds is 2. The monoisotopic (exact) mass is 201 g/mol. The molecule has 0 radical (unpaired) electrons. The third kappa shape index (κ3) is 2.12. The second-order valence-corrected chi connectivity index (χ2v) is 4.46. The van der Waals surface area contributed by atoms with Gasteiger partial charge in [-0.2, -0.15) is 0 Å². The Hall–Kier alpha value is -0.770. The zero-order valence-electron chi connectivity index (χ0n) is 8.14. The molecule has 0 aliphatic carbocycles. The first kappa shape index (κ1) is 10.3. The predicted molar refractivity (Wildman–Crippen MR) is 51.0 cm³/mol. The van der Waals surface area contributed by atoms with Gasteiger partial charge in [0.15, 0.2) is 10.8 Å². The summed E-state index contributed by atoms with van der Waals surface area (Å²) in [5.41, 5.74) is -0.794. The van der Waals surface area contributed by atoms with E-state index in [1.54, 1.807) is 6.92 Å². The minimum absolute atomic E-state index is 0.108. The third-order valence-corrected chi connectivity index (χ3v) is 3.19. The van der Waals surface area contributed by atoms with Crippen molar-refractivity contribution in [2.24, 2.45) is 0 Å². The summed E-state index contributed by atoms with van der Waals surface area (Å²) in [5, 5.41) is 0.387. The Kier molecular flexibility index (Phi) is 2.52. The van der Waals surface area contributed by atoms with Crippen molar-refractivity contribution in [3.63, 3.8) is 0 Å². The molecule has 0 saturated heterocycles. The number of halogens is 1. The van der Waals surface area contributed by atoms with Crippen molar-refractivity contribution in [3.05, 3.63) is 15.6 Å². The van der Waals surface area contributed by atoms with Crippen LogP contribution in [0.25, 0.3) is 0 Å². The second kappa shape index (κ2) is 3.18. The van der Waals surface area contributed by atoms with Crippen LogP contribution in [0.4, 0.5) is 4.39 Å². The van der Waals surface area contributed by atoms with E-state index in [2.05, 4.69) is 4.98 Å². The number of aryl methyl sites for hydroxylation is 1. The summed E-state index contributed by atoms with van der Waals surface area (Å²) in [7, 11) is 0. The van der Waals surface area contributed by atoms with Gasteiger partial charge in [0.1, 0.15) is 5.67 Å². The lowest BCUT2D eigenvalue weighted by atomic mass is 10.1. The lowest BCUT2D eigenvalue weighted by molar-refractivity contribution is 0.101. The van der Waals surface area contributed by atoms with Gasteiger partial charge in [-0.15, -0.1) is 11.3 Å². The molecule has 1 rings (SSSR count). The Morgan fingerprint density at radius 2 is 2.08 bits per heavy atom. The molecule has 13 heavy (non-hydrogen) atoms. The van der Waals surface area contributed by atoms with Gasteiger partial charge in [-0.3, -0.25) is 4.79 Å². The van der Waals surface area contributed by atoms with Gasteiger partial charge in [0.2, 0.25) is 0 Å². The lowest BCUT2D eigenvalue weighted by Gasteiger charge is -2.11. The van der Waals surface area contributed by atoms with E-state index in [0.29, 0.717) is 15.6 Å². The van der Waals surface area contributed by atoms with E-state index in [4.69, 9.17) is 0 Å². The van der Waals surface area contributed by atoms with Crippen LogP contribution < -0.4 is 0 Å². The number of thiazole rings is 1. The van der Waals surface area contributed by atoms with Gasteiger partial charge in [-0.1, -0.05) is 0 Å². The smallest absolute Gasteiger partial charge is 0.188 e. The molecule has 0 aliphatic rings. The third-order valence-electron chi connectivity index (χ3n) is 1.64. The van der Waals surface area contributed by atoms with Gasteiger partial charge in [-0.05, 0) is 20.8 Å². The quantitative estimate of drug-likeness (QED) is 0.689. The molecule has 0 aromatic carbocycles. The van der Waals surface area contributed by atoms with E-state index < -0.39 is 5.67 Å². The molecule has 4 heteroatoms. The van der Waals surface area contributed by atoms with Gasteiger partial charge < -0.3 is 0 Å². The first-order valence-corrected chi connectivity index (χ1v) is 4.82. The molecule has 0 spiro atoms. The van der Waals surface area contributed by atoms with Crippen molar-refractivity contribution in [2.45, 2.75) is 33.4 Å². The minimum atomic E-state index is -1.41. The fraction of sp³-hybridized carbons (Fsp3) is 0.556. The average Bonchev–Trinajstić information content (AvgIpc) is 2.29. The molecule has 72 valence electrons. The molecule has 1 heterocycles. The fourth-order valence-electron chi connectivity index (χ4n) is 1.10. The Bertz CT molecular complexity index is 338. The number of ketones is 1. The maximum atomic E-state index is 13.5. The van der Waals surface area contributed by atoms with Crippen LogP contribution in [0.1, 0.15) is 41.1 Å². The van der Waals surface area contributed by atoms with Crippen LogP contribution in [0.3, 0.4) is 0 Å². The molecule has 0 unspecified atom stereocenters. The zero-order valence-corrected chi connectivity index (χ0v) is 8.96. The van der Waals surface area contributed by atoms with Crippen molar-refractivity contribution in [2.75, 3.05) is 0 Å². The standard InChI is InChI=1S/C9H12FNOS/c1-5-7(9(3,4)10)13-8(11-5)6(2)12/h1-4H3. The summed E-state index contributed by atoms with van der Waals surface area (Å²) in [6.07, 6.45) is 0. The van der Waals surface area contributed by atoms with Crippen molar-refractivity contribution < 1.29 is 9.18 Å². The van der Waals surface area contributed by atoms with Gasteiger partial charge in [0.25, 0.3) is 0 Å². The molecular formula is C9H12FNOS. The molecule has 1 aromatic rings. The van der Waals surface area contributed by atoms with Gasteiger partial charge >= 0.3 is 0 Å². The lowest BCUT2D eigenvalue weighted by Crippen LogP contribution is -2.07. The summed E-state index contributed by atoms with van der Waals surface area (Å²) in [6.45, 7) is 6.10. The number of hydrogen-bond acceptors (Lipinski definition) is 3. The van der Waals surface area contributed by atoms with Crippen molar-refractivity contribution in [1.82, 2.24) is 4.98 Å². The minimum Gasteiger partial charge on any atom is -0.292 e. The Morgan fingerprint density at radius 1 is 1.54 bits per heavy atom. The van der Waals surface area contributed by atoms with Crippen LogP contribution in [0.15, 0.2) is 0 Å². The zero-order chi connectivity index (χ0) is 10.2. The van der Waals surface area contributed by atoms with Gasteiger partial charge in [0.05, 0.1) is 10.6 Å². The number of nitrogens with zero attached hydrogens (tertiary/aromatic N) is 1. The normalized spacial score (nSPS) is 11.8. The number of Topliss-reactive ketones (excluding diaryl/α,β-unsaturated/α-hetero) is 1. The maximum absolute atomic E-state index is 13.5. The predicted octanol–water partition coefficient (Wildman–Crippen LogP) is 2.86. The largest absolute Gasteiger partial charge is 0.292 e. The highest BCUT2D eigenvalue weighted by Crippen LogP contribution is 2.32. The molecule has 0 saturated carbocycles. The van der Waals surface area contributed by atoms with Crippen molar-refractivity contribution >= 4 is 17.1 Å². The number of hydrogen-bond donors (Lipinski definition) is 0. The van der Waals surface area contributed by atoms with Crippen molar-refractivity contribution in [3.8, 4) is 0 Å². The molecule has 0 atom stereocenters. The van der Waals surface area contributed by atoms with E-state index >= 15 is 0 Å². The number of alkyl halides is 1. The topological polar surface area (TPSA) is 30.0 Å². The first-order chi connectivity index (χ1) is 5.82. The molecular weight excluding hydrogens is 189 g/mol.